The first-order valence-corrected chi connectivity index (χ1v) is 9.83. The third-order valence-electron chi connectivity index (χ3n) is 4.15. The predicted octanol–water partition coefficient (Wildman–Crippen LogP) is 4.50. The van der Waals surface area contributed by atoms with Crippen LogP contribution >= 0.6 is 11.3 Å². The van der Waals surface area contributed by atoms with Crippen LogP contribution < -0.4 is 4.90 Å². The van der Waals surface area contributed by atoms with Crippen molar-refractivity contribution in [3.05, 3.63) is 51.7 Å². The number of carbonyl (C=O) groups excluding carboxylic acids is 2. The number of para-hydroxylation sites is 1. The molecular formula is C21H24N2O3S. The summed E-state index contributed by atoms with van der Waals surface area (Å²) in [7, 11) is 0. The third kappa shape index (κ3) is 5.41. The van der Waals surface area contributed by atoms with Crippen molar-refractivity contribution in [1.82, 2.24) is 0 Å². The summed E-state index contributed by atoms with van der Waals surface area (Å²) in [6, 6.07) is 13.0. The molecule has 0 aliphatic heterocycles. The fourth-order valence-electron chi connectivity index (χ4n) is 2.76. The van der Waals surface area contributed by atoms with E-state index in [2.05, 4.69) is 6.92 Å². The number of nitrogens with zero attached hydrogens (tertiary/aromatic N) is 2. The Morgan fingerprint density at radius 1 is 1.30 bits per heavy atom. The molecule has 27 heavy (non-hydrogen) atoms. The number of ether oxygens (including phenoxy) is 1. The summed E-state index contributed by atoms with van der Waals surface area (Å²) < 4.78 is 5.42. The molecule has 0 aliphatic rings. The molecule has 0 N–H and O–H groups in total. The zero-order valence-electron chi connectivity index (χ0n) is 15.9. The lowest BCUT2D eigenvalue weighted by molar-refractivity contribution is -0.126. The third-order valence-corrected chi connectivity index (χ3v) is 5.23. The lowest BCUT2D eigenvalue weighted by atomic mass is 10.1. The molecule has 2 aromatic rings. The van der Waals surface area contributed by atoms with Gasteiger partial charge in [-0.3, -0.25) is 4.79 Å². The van der Waals surface area contributed by atoms with Gasteiger partial charge in [0.15, 0.2) is 6.10 Å². The number of rotatable bonds is 8. The number of esters is 1. The normalized spacial score (nSPS) is 11.5. The monoisotopic (exact) mass is 384 g/mol. The zero-order valence-corrected chi connectivity index (χ0v) is 16.7. The van der Waals surface area contributed by atoms with E-state index in [0.717, 1.165) is 23.3 Å². The molecule has 0 unspecified atom stereocenters. The number of benzene rings is 1. The fourth-order valence-corrected chi connectivity index (χ4v) is 3.72. The molecule has 1 atom stereocenters. The predicted molar refractivity (Wildman–Crippen MR) is 107 cm³/mol. The molecule has 1 aromatic heterocycles. The Bertz CT molecular complexity index is 824. The van der Waals surface area contributed by atoms with Crippen molar-refractivity contribution in [2.75, 3.05) is 11.4 Å². The molecule has 1 amide bonds. The molecule has 1 heterocycles. The molecule has 0 radical (unpaired) electrons. The first-order valence-electron chi connectivity index (χ1n) is 9.01. The second kappa shape index (κ2) is 9.89. The highest BCUT2D eigenvalue weighted by Crippen LogP contribution is 2.24. The first-order chi connectivity index (χ1) is 13.0. The summed E-state index contributed by atoms with van der Waals surface area (Å²) in [6.07, 6.45) is 1.19. The molecular weight excluding hydrogens is 360 g/mol. The van der Waals surface area contributed by atoms with E-state index >= 15 is 0 Å². The van der Waals surface area contributed by atoms with Gasteiger partial charge in [0.25, 0.3) is 5.91 Å². The van der Waals surface area contributed by atoms with Crippen LogP contribution in [0.5, 0.6) is 0 Å². The number of thiophene rings is 1. The van der Waals surface area contributed by atoms with Crippen LogP contribution in [-0.2, 0) is 16.0 Å². The van der Waals surface area contributed by atoms with Gasteiger partial charge >= 0.3 is 5.97 Å². The van der Waals surface area contributed by atoms with Gasteiger partial charge in [-0.1, -0.05) is 31.5 Å². The average molecular weight is 385 g/mol. The number of nitriles is 1. The van der Waals surface area contributed by atoms with Crippen LogP contribution in [0.4, 0.5) is 5.69 Å². The van der Waals surface area contributed by atoms with E-state index in [-0.39, 0.29) is 18.9 Å². The van der Waals surface area contributed by atoms with E-state index < -0.39 is 12.1 Å². The number of hydrogen-bond donors (Lipinski definition) is 0. The van der Waals surface area contributed by atoms with Crippen LogP contribution in [0.2, 0.25) is 0 Å². The maximum Gasteiger partial charge on any atom is 0.349 e. The number of carbonyl (C=O) groups is 2. The van der Waals surface area contributed by atoms with E-state index in [1.54, 1.807) is 19.1 Å². The van der Waals surface area contributed by atoms with Crippen molar-refractivity contribution in [3.8, 4) is 6.07 Å². The van der Waals surface area contributed by atoms with Crippen LogP contribution in [0.25, 0.3) is 0 Å². The molecule has 142 valence electrons. The molecule has 6 heteroatoms. The highest BCUT2D eigenvalue weighted by molar-refractivity contribution is 7.14. The summed E-state index contributed by atoms with van der Waals surface area (Å²) in [6.45, 7) is 5.89. The van der Waals surface area contributed by atoms with Crippen molar-refractivity contribution in [3.63, 3.8) is 0 Å². The molecule has 0 saturated carbocycles. The van der Waals surface area contributed by atoms with Crippen LogP contribution in [-0.4, -0.2) is 24.5 Å². The molecule has 2 rings (SSSR count). The Hall–Kier alpha value is -2.65. The summed E-state index contributed by atoms with van der Waals surface area (Å²) >= 11 is 1.39. The lowest BCUT2D eigenvalue weighted by Gasteiger charge is -2.25. The molecule has 0 saturated heterocycles. The van der Waals surface area contributed by atoms with Gasteiger partial charge in [0.2, 0.25) is 0 Å². The number of aryl methyl sites for hydroxylation is 2. The largest absolute Gasteiger partial charge is 0.448 e. The SMILES string of the molecule is CCCc1cc(C(=O)O[C@H](C)C(=O)N(CCC#N)c2ccccc2)sc1C. The van der Waals surface area contributed by atoms with Crippen molar-refractivity contribution in [2.24, 2.45) is 0 Å². The standard InChI is InChI=1S/C21H24N2O3S/c1-4-9-17-14-19(27-16(17)3)21(25)26-15(2)20(24)23(13-8-12-22)18-10-6-5-7-11-18/h5-7,10-11,14-15H,4,8-9,13H2,1-3H3/t15-/m1/s1. The van der Waals surface area contributed by atoms with Gasteiger partial charge in [0.1, 0.15) is 4.88 Å². The van der Waals surface area contributed by atoms with Crippen LogP contribution in [0, 0.1) is 18.3 Å². The zero-order chi connectivity index (χ0) is 19.8. The van der Waals surface area contributed by atoms with E-state index in [4.69, 9.17) is 10.00 Å². The molecule has 0 aliphatic carbocycles. The van der Waals surface area contributed by atoms with Crippen molar-refractivity contribution >= 4 is 28.9 Å². The average Bonchev–Trinajstić information content (AvgIpc) is 3.04. The van der Waals surface area contributed by atoms with E-state index in [0.29, 0.717) is 10.6 Å². The second-order valence-electron chi connectivity index (χ2n) is 6.22. The van der Waals surface area contributed by atoms with Crippen molar-refractivity contribution in [1.29, 1.82) is 5.26 Å². The summed E-state index contributed by atoms with van der Waals surface area (Å²) in [5.41, 5.74) is 1.83. The topological polar surface area (TPSA) is 70.4 Å². The van der Waals surface area contributed by atoms with Gasteiger partial charge in [-0.2, -0.15) is 5.26 Å². The Morgan fingerprint density at radius 2 is 2.00 bits per heavy atom. The quantitative estimate of drug-likeness (QED) is 0.628. The minimum absolute atomic E-state index is 0.200. The number of hydrogen-bond acceptors (Lipinski definition) is 5. The van der Waals surface area contributed by atoms with Crippen LogP contribution in [0.1, 0.15) is 46.8 Å². The highest BCUT2D eigenvalue weighted by atomic mass is 32.1. The molecule has 0 fully saturated rings. The Balaban J connectivity index is 2.11. The summed E-state index contributed by atoms with van der Waals surface area (Å²) in [4.78, 5) is 28.4. The van der Waals surface area contributed by atoms with Gasteiger partial charge < -0.3 is 9.64 Å². The smallest absolute Gasteiger partial charge is 0.349 e. The van der Waals surface area contributed by atoms with E-state index in [1.165, 1.54) is 16.2 Å². The van der Waals surface area contributed by atoms with Crippen molar-refractivity contribution < 1.29 is 14.3 Å². The summed E-state index contributed by atoms with van der Waals surface area (Å²) in [5.74, 6) is -0.827. The van der Waals surface area contributed by atoms with Crippen LogP contribution in [0.3, 0.4) is 0 Å². The fraction of sp³-hybridized carbons (Fsp3) is 0.381. The summed E-state index contributed by atoms with van der Waals surface area (Å²) in [5, 5.41) is 8.88. The molecule has 1 aromatic carbocycles. The van der Waals surface area contributed by atoms with E-state index in [1.807, 2.05) is 37.3 Å². The minimum atomic E-state index is -0.937. The van der Waals surface area contributed by atoms with E-state index in [9.17, 15) is 9.59 Å². The maximum absolute atomic E-state index is 12.8. The first kappa shape index (κ1) is 20.7. The number of amides is 1. The van der Waals surface area contributed by atoms with Gasteiger partial charge in [-0.05, 0) is 44.0 Å². The Kier molecular flexibility index (Phi) is 7.56. The molecule has 5 nitrogen and oxygen atoms in total. The van der Waals surface area contributed by atoms with Gasteiger partial charge in [0.05, 0.1) is 12.5 Å². The second-order valence-corrected chi connectivity index (χ2v) is 7.48. The molecule has 0 bridgehead atoms. The Morgan fingerprint density at radius 3 is 2.63 bits per heavy atom. The van der Waals surface area contributed by atoms with Gasteiger partial charge in [-0.15, -0.1) is 11.3 Å². The Labute approximate surface area is 164 Å². The number of anilines is 1. The van der Waals surface area contributed by atoms with Gasteiger partial charge in [0, 0.05) is 17.1 Å². The molecule has 0 spiro atoms. The van der Waals surface area contributed by atoms with Crippen molar-refractivity contribution in [2.45, 2.75) is 46.1 Å². The maximum atomic E-state index is 12.8. The van der Waals surface area contributed by atoms with Crippen LogP contribution in [0.15, 0.2) is 36.4 Å². The highest BCUT2D eigenvalue weighted by Gasteiger charge is 2.26. The van der Waals surface area contributed by atoms with Gasteiger partial charge in [-0.25, -0.2) is 4.79 Å². The minimum Gasteiger partial charge on any atom is -0.448 e. The lowest BCUT2D eigenvalue weighted by Crippen LogP contribution is -2.40.